The number of benzene rings is 2. The predicted molar refractivity (Wildman–Crippen MR) is 107 cm³/mol. The fourth-order valence-electron chi connectivity index (χ4n) is 3.68. The molecule has 0 aromatic heterocycles. The summed E-state index contributed by atoms with van der Waals surface area (Å²) in [7, 11) is -3.68. The van der Waals surface area contributed by atoms with Gasteiger partial charge in [-0.3, -0.25) is 4.79 Å². The first-order valence-corrected chi connectivity index (χ1v) is 11.3. The Balaban J connectivity index is 1.41. The van der Waals surface area contributed by atoms with Gasteiger partial charge < -0.3 is 10.1 Å². The molecule has 1 N–H and O–H groups in total. The SMILES string of the molecule is O=C(Nc1cccc(S(=O)(=O)N2CCOCC2)c1)C1CC1c1ccc(C(F)(F)F)cc1. The summed E-state index contributed by atoms with van der Waals surface area (Å²) in [5.41, 5.74) is 0.311. The third-order valence-corrected chi connectivity index (χ3v) is 7.40. The van der Waals surface area contributed by atoms with Gasteiger partial charge in [-0.2, -0.15) is 17.5 Å². The maximum Gasteiger partial charge on any atom is 0.416 e. The van der Waals surface area contributed by atoms with Crippen LogP contribution >= 0.6 is 0 Å². The lowest BCUT2D eigenvalue weighted by Gasteiger charge is -2.26. The zero-order valence-corrected chi connectivity index (χ0v) is 17.2. The Labute approximate surface area is 178 Å². The van der Waals surface area contributed by atoms with Crippen LogP contribution in [0.1, 0.15) is 23.5 Å². The van der Waals surface area contributed by atoms with Crippen molar-refractivity contribution in [2.24, 2.45) is 5.92 Å². The minimum atomic E-state index is -4.40. The van der Waals surface area contributed by atoms with Gasteiger partial charge in [-0.25, -0.2) is 8.42 Å². The summed E-state index contributed by atoms with van der Waals surface area (Å²) in [4.78, 5) is 12.7. The Morgan fingerprint density at radius 2 is 1.74 bits per heavy atom. The number of morpholine rings is 1. The first-order valence-electron chi connectivity index (χ1n) is 9.82. The molecule has 1 heterocycles. The summed E-state index contributed by atoms with van der Waals surface area (Å²) in [6, 6.07) is 10.9. The number of nitrogens with one attached hydrogen (secondary N) is 1. The number of carbonyl (C=O) groups is 1. The van der Waals surface area contributed by atoms with Gasteiger partial charge in [0, 0.05) is 24.7 Å². The quantitative estimate of drug-likeness (QED) is 0.751. The highest BCUT2D eigenvalue weighted by Gasteiger charge is 2.44. The molecular weight excluding hydrogens is 433 g/mol. The van der Waals surface area contributed by atoms with Crippen LogP contribution in [0.4, 0.5) is 18.9 Å². The molecule has 0 radical (unpaired) electrons. The lowest BCUT2D eigenvalue weighted by molar-refractivity contribution is -0.137. The van der Waals surface area contributed by atoms with Gasteiger partial charge in [0.25, 0.3) is 0 Å². The van der Waals surface area contributed by atoms with E-state index in [-0.39, 0.29) is 35.7 Å². The molecule has 0 spiro atoms. The molecule has 2 aromatic rings. The van der Waals surface area contributed by atoms with E-state index in [0.717, 1.165) is 12.1 Å². The molecular formula is C21H21F3N2O4S. The highest BCUT2D eigenvalue weighted by Crippen LogP contribution is 2.48. The third-order valence-electron chi connectivity index (χ3n) is 5.50. The summed E-state index contributed by atoms with van der Waals surface area (Å²) in [6.07, 6.45) is -3.87. The van der Waals surface area contributed by atoms with Crippen molar-refractivity contribution in [3.63, 3.8) is 0 Å². The van der Waals surface area contributed by atoms with Crippen molar-refractivity contribution >= 4 is 21.6 Å². The zero-order valence-electron chi connectivity index (χ0n) is 16.4. The van der Waals surface area contributed by atoms with Crippen LogP contribution < -0.4 is 5.32 Å². The summed E-state index contributed by atoms with van der Waals surface area (Å²) in [5.74, 6) is -0.801. The van der Waals surface area contributed by atoms with E-state index in [1.54, 1.807) is 12.1 Å². The monoisotopic (exact) mass is 454 g/mol. The minimum Gasteiger partial charge on any atom is -0.379 e. The molecule has 10 heteroatoms. The molecule has 4 rings (SSSR count). The summed E-state index contributed by atoms with van der Waals surface area (Å²) >= 11 is 0. The minimum absolute atomic E-state index is 0.0855. The molecule has 166 valence electrons. The lowest BCUT2D eigenvalue weighted by atomic mass is 10.1. The van der Waals surface area contributed by atoms with Gasteiger partial charge in [-0.05, 0) is 48.2 Å². The number of hydrogen-bond acceptors (Lipinski definition) is 4. The zero-order chi connectivity index (χ0) is 22.2. The Hall–Kier alpha value is -2.43. The van der Waals surface area contributed by atoms with E-state index in [4.69, 9.17) is 4.74 Å². The van der Waals surface area contributed by atoms with Crippen molar-refractivity contribution in [2.45, 2.75) is 23.4 Å². The molecule has 0 bridgehead atoms. The summed E-state index contributed by atoms with van der Waals surface area (Å²) in [5, 5.41) is 2.73. The topological polar surface area (TPSA) is 75.7 Å². The van der Waals surface area contributed by atoms with E-state index in [0.29, 0.717) is 30.9 Å². The maximum atomic E-state index is 12.8. The predicted octanol–water partition coefficient (Wildman–Crippen LogP) is 3.47. The number of hydrogen-bond donors (Lipinski definition) is 1. The highest BCUT2D eigenvalue weighted by molar-refractivity contribution is 7.89. The van der Waals surface area contributed by atoms with E-state index in [1.807, 2.05) is 0 Å². The molecule has 2 fully saturated rings. The number of anilines is 1. The second kappa shape index (κ2) is 8.25. The molecule has 2 aromatic carbocycles. The molecule has 1 saturated carbocycles. The first kappa shape index (κ1) is 21.8. The summed E-state index contributed by atoms with van der Waals surface area (Å²) < 4.78 is 70.2. The molecule has 2 aliphatic rings. The number of alkyl halides is 3. The van der Waals surface area contributed by atoms with Crippen LogP contribution in [0.25, 0.3) is 0 Å². The van der Waals surface area contributed by atoms with Crippen molar-refractivity contribution < 1.29 is 31.1 Å². The van der Waals surface area contributed by atoms with Crippen LogP contribution in [-0.2, 0) is 25.7 Å². The lowest BCUT2D eigenvalue weighted by Crippen LogP contribution is -2.40. The second-order valence-corrected chi connectivity index (χ2v) is 9.54. The second-order valence-electron chi connectivity index (χ2n) is 7.60. The Bertz CT molecular complexity index is 1060. The van der Waals surface area contributed by atoms with Gasteiger partial charge in [-0.15, -0.1) is 0 Å². The van der Waals surface area contributed by atoms with E-state index >= 15 is 0 Å². The van der Waals surface area contributed by atoms with Crippen molar-refractivity contribution in [1.82, 2.24) is 4.31 Å². The fraction of sp³-hybridized carbons (Fsp3) is 0.381. The molecule has 2 atom stereocenters. The van der Waals surface area contributed by atoms with Crippen molar-refractivity contribution in [2.75, 3.05) is 31.6 Å². The van der Waals surface area contributed by atoms with E-state index in [2.05, 4.69) is 5.32 Å². The number of rotatable bonds is 5. The average Bonchev–Trinajstić information content (AvgIpc) is 3.55. The highest BCUT2D eigenvalue weighted by atomic mass is 32.2. The summed E-state index contributed by atoms with van der Waals surface area (Å²) in [6.45, 7) is 1.22. The molecule has 1 aliphatic heterocycles. The number of amides is 1. The number of carbonyl (C=O) groups excluding carboxylic acids is 1. The van der Waals surface area contributed by atoms with Crippen molar-refractivity contribution in [3.05, 3.63) is 59.7 Å². The number of nitrogens with zero attached hydrogens (tertiary/aromatic N) is 1. The normalized spacial score (nSPS) is 22.2. The molecule has 1 saturated heterocycles. The van der Waals surface area contributed by atoms with E-state index in [1.165, 1.54) is 28.6 Å². The standard InChI is InChI=1S/C21H21F3N2O4S/c22-21(23,24)15-6-4-14(5-7-15)18-13-19(18)20(27)25-16-2-1-3-17(12-16)31(28,29)26-8-10-30-11-9-26/h1-7,12,18-19H,8-11,13H2,(H,25,27). The van der Waals surface area contributed by atoms with Crippen LogP contribution in [0.15, 0.2) is 53.4 Å². The van der Waals surface area contributed by atoms with E-state index in [9.17, 15) is 26.4 Å². The van der Waals surface area contributed by atoms with E-state index < -0.39 is 21.8 Å². The third kappa shape index (κ3) is 4.76. The Morgan fingerprint density at radius 3 is 2.39 bits per heavy atom. The van der Waals surface area contributed by atoms with Gasteiger partial charge in [0.05, 0.1) is 23.7 Å². The van der Waals surface area contributed by atoms with Gasteiger partial charge >= 0.3 is 6.18 Å². The molecule has 31 heavy (non-hydrogen) atoms. The number of halogens is 3. The molecule has 1 aliphatic carbocycles. The Morgan fingerprint density at radius 1 is 1.06 bits per heavy atom. The maximum absolute atomic E-state index is 12.8. The van der Waals surface area contributed by atoms with Crippen LogP contribution in [0.2, 0.25) is 0 Å². The molecule has 6 nitrogen and oxygen atoms in total. The van der Waals surface area contributed by atoms with Gasteiger partial charge in [0.2, 0.25) is 15.9 Å². The molecule has 2 unspecified atom stereocenters. The van der Waals surface area contributed by atoms with Crippen LogP contribution in [0, 0.1) is 5.92 Å². The first-order chi connectivity index (χ1) is 14.7. The van der Waals surface area contributed by atoms with Crippen molar-refractivity contribution in [3.8, 4) is 0 Å². The fourth-order valence-corrected chi connectivity index (χ4v) is 5.13. The van der Waals surface area contributed by atoms with Gasteiger partial charge in [0.15, 0.2) is 0 Å². The smallest absolute Gasteiger partial charge is 0.379 e. The van der Waals surface area contributed by atoms with Gasteiger partial charge in [-0.1, -0.05) is 18.2 Å². The number of sulfonamides is 1. The largest absolute Gasteiger partial charge is 0.416 e. The number of ether oxygens (including phenoxy) is 1. The van der Waals surface area contributed by atoms with Crippen LogP contribution in [0.3, 0.4) is 0 Å². The Kier molecular flexibility index (Phi) is 5.80. The van der Waals surface area contributed by atoms with Gasteiger partial charge in [0.1, 0.15) is 0 Å². The van der Waals surface area contributed by atoms with Crippen molar-refractivity contribution in [1.29, 1.82) is 0 Å². The van der Waals surface area contributed by atoms with Crippen LogP contribution in [-0.4, -0.2) is 44.9 Å². The average molecular weight is 454 g/mol. The molecule has 1 amide bonds. The van der Waals surface area contributed by atoms with Crippen LogP contribution in [0.5, 0.6) is 0 Å².